The van der Waals surface area contributed by atoms with Gasteiger partial charge in [0.05, 0.1) is 15.5 Å². The first kappa shape index (κ1) is 28.5. The Morgan fingerprint density at radius 3 is 2.49 bits per heavy atom. The Morgan fingerprint density at radius 2 is 1.89 bits per heavy atom. The van der Waals surface area contributed by atoms with Crippen LogP contribution in [0.1, 0.15) is 18.7 Å². The molecule has 2 N–H and O–H groups in total. The third-order valence-electron chi connectivity index (χ3n) is 4.97. The van der Waals surface area contributed by atoms with Crippen LogP contribution in [-0.4, -0.2) is 70.2 Å². The molecule has 35 heavy (non-hydrogen) atoms. The zero-order valence-electron chi connectivity index (χ0n) is 19.6. The van der Waals surface area contributed by atoms with Gasteiger partial charge < -0.3 is 15.4 Å². The van der Waals surface area contributed by atoms with E-state index in [2.05, 4.69) is 9.89 Å². The number of sulfone groups is 1. The van der Waals surface area contributed by atoms with Crippen LogP contribution < -0.4 is 5.73 Å². The summed E-state index contributed by atoms with van der Waals surface area (Å²) in [5.41, 5.74) is 4.28. The molecule has 0 spiro atoms. The number of esters is 1. The number of allylic oxidation sites excluding steroid dienone is 2. The molecule has 0 aliphatic heterocycles. The summed E-state index contributed by atoms with van der Waals surface area (Å²) in [6, 6.07) is 9.38. The van der Waals surface area contributed by atoms with Gasteiger partial charge in [-0.2, -0.15) is 13.2 Å². The minimum Gasteiger partial charge on any atom is -0.463 e. The molecule has 1 aromatic carbocycles. The predicted octanol–water partition coefficient (Wildman–Crippen LogP) is 3.90. The maximum Gasteiger partial charge on any atom is 0.430 e. The Bertz CT molecular complexity index is 1180. The smallest absolute Gasteiger partial charge is 0.430 e. The zero-order chi connectivity index (χ0) is 26.2. The van der Waals surface area contributed by atoms with Gasteiger partial charge in [0.15, 0.2) is 9.84 Å². The molecule has 0 bridgehead atoms. The average molecular weight is 532 g/mol. The number of thiophene rings is 1. The van der Waals surface area contributed by atoms with Gasteiger partial charge in [-0.25, -0.2) is 8.42 Å². The van der Waals surface area contributed by atoms with Crippen molar-refractivity contribution < 1.29 is 31.1 Å². The van der Waals surface area contributed by atoms with Gasteiger partial charge in [0, 0.05) is 17.7 Å². The Kier molecular flexibility index (Phi) is 10.0. The number of carbonyl (C=O) groups excluding carboxylic acids is 1. The number of hydrogen-bond acceptors (Lipinski definition) is 8. The van der Waals surface area contributed by atoms with Gasteiger partial charge in [0.2, 0.25) is 0 Å². The average Bonchev–Trinajstić information content (AvgIpc) is 3.28. The monoisotopic (exact) mass is 531 g/mol. The lowest BCUT2D eigenvalue weighted by Gasteiger charge is -2.17. The van der Waals surface area contributed by atoms with E-state index in [1.54, 1.807) is 18.2 Å². The van der Waals surface area contributed by atoms with E-state index >= 15 is 0 Å². The summed E-state index contributed by atoms with van der Waals surface area (Å²) in [4.78, 5) is 19.2. The molecule has 0 amide bonds. The molecule has 0 radical (unpaired) electrons. The Balaban J connectivity index is 2.29. The third-order valence-corrected chi connectivity index (χ3v) is 7.24. The van der Waals surface area contributed by atoms with E-state index in [-0.39, 0.29) is 17.2 Å². The van der Waals surface area contributed by atoms with Crippen molar-refractivity contribution in [1.82, 2.24) is 4.90 Å². The van der Waals surface area contributed by atoms with Gasteiger partial charge in [-0.1, -0.05) is 26.0 Å². The van der Waals surface area contributed by atoms with Crippen LogP contribution in [0.25, 0.3) is 10.4 Å². The molecule has 0 unspecified atom stereocenters. The SMILES string of the molecule is CCN(CC)CCOC(=O)CN=C(/C=C(\N)C(F)(F)F)c1ccc(-c2cccc(S(C)(=O)=O)c2)s1. The number of nitrogens with zero attached hydrogens (tertiary/aromatic N) is 2. The summed E-state index contributed by atoms with van der Waals surface area (Å²) in [5.74, 6) is -0.675. The van der Waals surface area contributed by atoms with Crippen molar-refractivity contribution in [1.29, 1.82) is 0 Å². The standard InChI is InChI=1S/C23H28F3N3O4S2/c1-4-29(5-2)11-12-33-22(30)15-28-18(14-21(27)23(24,25)26)20-10-9-19(34-20)16-7-6-8-17(13-16)35(3,31)32/h6-10,13-14H,4-5,11-12,15,27H2,1-3H3/b21-14-,28-18?. The summed E-state index contributed by atoms with van der Waals surface area (Å²) < 4.78 is 68.0. The molecular weight excluding hydrogens is 503 g/mol. The normalized spacial score (nSPS) is 13.3. The molecule has 2 rings (SSSR count). The van der Waals surface area contributed by atoms with Crippen molar-refractivity contribution in [3.8, 4) is 10.4 Å². The Morgan fingerprint density at radius 1 is 1.20 bits per heavy atom. The predicted molar refractivity (Wildman–Crippen MR) is 131 cm³/mol. The minimum absolute atomic E-state index is 0.118. The van der Waals surface area contributed by atoms with Gasteiger partial charge in [-0.15, -0.1) is 11.3 Å². The van der Waals surface area contributed by atoms with Crippen molar-refractivity contribution in [2.75, 3.05) is 39.0 Å². The maximum absolute atomic E-state index is 13.1. The topological polar surface area (TPSA) is 102 Å². The van der Waals surface area contributed by atoms with Crippen molar-refractivity contribution >= 4 is 32.9 Å². The van der Waals surface area contributed by atoms with Crippen molar-refractivity contribution in [2.24, 2.45) is 10.7 Å². The number of carbonyl (C=O) groups is 1. The summed E-state index contributed by atoms with van der Waals surface area (Å²) >= 11 is 1.09. The minimum atomic E-state index is -4.77. The number of hydrogen-bond donors (Lipinski definition) is 1. The number of alkyl halides is 3. The van der Waals surface area contributed by atoms with E-state index < -0.39 is 34.2 Å². The van der Waals surface area contributed by atoms with E-state index in [1.807, 2.05) is 13.8 Å². The number of halogens is 3. The highest BCUT2D eigenvalue weighted by molar-refractivity contribution is 7.90. The fraction of sp³-hybridized carbons (Fsp3) is 0.391. The highest BCUT2D eigenvalue weighted by Crippen LogP contribution is 2.31. The van der Waals surface area contributed by atoms with E-state index in [0.717, 1.165) is 30.7 Å². The summed E-state index contributed by atoms with van der Waals surface area (Å²) in [5, 5.41) is 0. The molecule has 0 aliphatic carbocycles. The number of aliphatic imine (C=N–C) groups is 1. The molecule has 1 aromatic heterocycles. The second-order valence-corrected chi connectivity index (χ2v) is 10.6. The summed E-state index contributed by atoms with van der Waals surface area (Å²) in [7, 11) is -3.43. The molecule has 1 heterocycles. The number of likely N-dealkylation sites (N-methyl/N-ethyl adjacent to an activating group) is 1. The lowest BCUT2D eigenvalue weighted by molar-refractivity contribution is -0.142. The van der Waals surface area contributed by atoms with E-state index in [0.29, 0.717) is 27.9 Å². The third kappa shape index (κ3) is 8.79. The Labute approximate surface area is 207 Å². The van der Waals surface area contributed by atoms with Crippen LogP contribution in [0.15, 0.2) is 58.1 Å². The highest BCUT2D eigenvalue weighted by atomic mass is 32.2. The van der Waals surface area contributed by atoms with E-state index in [9.17, 15) is 26.4 Å². The first-order valence-corrected chi connectivity index (χ1v) is 13.4. The molecule has 0 saturated carbocycles. The molecule has 0 saturated heterocycles. The Hall–Kier alpha value is -2.70. The second kappa shape index (κ2) is 12.3. The summed E-state index contributed by atoms with van der Waals surface area (Å²) in [6.45, 7) is 5.75. The quantitative estimate of drug-likeness (QED) is 0.349. The van der Waals surface area contributed by atoms with Crippen LogP contribution in [-0.2, 0) is 19.4 Å². The van der Waals surface area contributed by atoms with E-state index in [1.165, 1.54) is 18.2 Å². The molecule has 0 atom stereocenters. The highest BCUT2D eigenvalue weighted by Gasteiger charge is 2.32. The lowest BCUT2D eigenvalue weighted by atomic mass is 10.2. The maximum atomic E-state index is 13.1. The van der Waals surface area contributed by atoms with Crippen molar-refractivity contribution in [3.63, 3.8) is 0 Å². The number of rotatable bonds is 11. The number of ether oxygens (including phenoxy) is 1. The molecule has 0 fully saturated rings. The zero-order valence-corrected chi connectivity index (χ0v) is 21.3. The fourth-order valence-corrected chi connectivity index (χ4v) is 4.61. The van der Waals surface area contributed by atoms with Gasteiger partial charge >= 0.3 is 12.1 Å². The van der Waals surface area contributed by atoms with Crippen molar-refractivity contribution in [3.05, 3.63) is 53.0 Å². The molecular formula is C23H28F3N3O4S2. The summed E-state index contributed by atoms with van der Waals surface area (Å²) in [6.07, 6.45) is -3.01. The molecule has 192 valence electrons. The molecule has 7 nitrogen and oxygen atoms in total. The van der Waals surface area contributed by atoms with Crippen molar-refractivity contribution in [2.45, 2.75) is 24.9 Å². The molecule has 0 aliphatic rings. The fourth-order valence-electron chi connectivity index (χ4n) is 2.96. The van der Waals surface area contributed by atoms with Gasteiger partial charge in [0.1, 0.15) is 18.8 Å². The van der Waals surface area contributed by atoms with Gasteiger partial charge in [0.25, 0.3) is 0 Å². The van der Waals surface area contributed by atoms with Crippen LogP contribution in [0.3, 0.4) is 0 Å². The van der Waals surface area contributed by atoms with Crippen LogP contribution in [0.4, 0.5) is 13.2 Å². The second-order valence-electron chi connectivity index (χ2n) is 7.51. The van der Waals surface area contributed by atoms with Crippen LogP contribution in [0, 0.1) is 0 Å². The first-order valence-electron chi connectivity index (χ1n) is 10.7. The number of nitrogens with two attached hydrogens (primary N) is 1. The molecule has 2 aromatic rings. The largest absolute Gasteiger partial charge is 0.463 e. The number of benzene rings is 1. The van der Waals surface area contributed by atoms with Gasteiger partial charge in [-0.05, 0) is 49.0 Å². The molecule has 12 heteroatoms. The van der Waals surface area contributed by atoms with Crippen LogP contribution in [0.2, 0.25) is 0 Å². The van der Waals surface area contributed by atoms with Crippen LogP contribution in [0.5, 0.6) is 0 Å². The first-order chi connectivity index (χ1) is 16.3. The van der Waals surface area contributed by atoms with Crippen LogP contribution >= 0.6 is 11.3 Å². The van der Waals surface area contributed by atoms with E-state index in [4.69, 9.17) is 10.5 Å². The van der Waals surface area contributed by atoms with Gasteiger partial charge in [-0.3, -0.25) is 9.79 Å². The lowest BCUT2D eigenvalue weighted by Crippen LogP contribution is -2.28.